The number of nitrogens with zero attached hydrogens (tertiary/aromatic N) is 2. The Bertz CT molecular complexity index is 532. The summed E-state index contributed by atoms with van der Waals surface area (Å²) in [7, 11) is 0. The van der Waals surface area contributed by atoms with Gasteiger partial charge in [-0.25, -0.2) is 9.07 Å². The molecule has 2 rings (SSSR count). The molecule has 0 aliphatic carbocycles. The standard InChI is InChI=1S/C12H16FN5/c13-8-3-5-9(6-4-8)18-12(16)10(2-1-7-14)11(15)17-18/h3-6H,1-2,7,14,16H2,(H2,15,17). The maximum absolute atomic E-state index is 12.9. The summed E-state index contributed by atoms with van der Waals surface area (Å²) in [5.41, 5.74) is 18.8. The molecule has 5 nitrogen and oxygen atoms in total. The lowest BCUT2D eigenvalue weighted by atomic mass is 10.1. The highest BCUT2D eigenvalue weighted by molar-refractivity contribution is 5.58. The molecule has 18 heavy (non-hydrogen) atoms. The molecule has 0 aliphatic heterocycles. The Morgan fingerprint density at radius 3 is 2.44 bits per heavy atom. The minimum Gasteiger partial charge on any atom is -0.383 e. The molecule has 0 radical (unpaired) electrons. The van der Waals surface area contributed by atoms with Crippen LogP contribution >= 0.6 is 0 Å². The molecule has 0 bridgehead atoms. The molecule has 0 spiro atoms. The molecular formula is C12H16FN5. The molecule has 0 aliphatic rings. The summed E-state index contributed by atoms with van der Waals surface area (Å²) < 4.78 is 14.4. The van der Waals surface area contributed by atoms with Crippen LogP contribution in [0.5, 0.6) is 0 Å². The largest absolute Gasteiger partial charge is 0.383 e. The van der Waals surface area contributed by atoms with Crippen molar-refractivity contribution < 1.29 is 4.39 Å². The minimum absolute atomic E-state index is 0.305. The van der Waals surface area contributed by atoms with Crippen molar-refractivity contribution >= 4 is 11.6 Å². The van der Waals surface area contributed by atoms with E-state index in [1.807, 2.05) is 0 Å². The van der Waals surface area contributed by atoms with Crippen LogP contribution in [0.4, 0.5) is 16.0 Å². The average molecular weight is 249 g/mol. The van der Waals surface area contributed by atoms with E-state index in [0.717, 1.165) is 12.0 Å². The van der Waals surface area contributed by atoms with Crippen LogP contribution in [0.15, 0.2) is 24.3 Å². The normalized spacial score (nSPS) is 10.8. The second-order valence-corrected chi connectivity index (χ2v) is 4.03. The average Bonchev–Trinajstić information content (AvgIpc) is 2.64. The minimum atomic E-state index is -0.305. The van der Waals surface area contributed by atoms with Crippen LogP contribution in [-0.4, -0.2) is 16.3 Å². The van der Waals surface area contributed by atoms with Gasteiger partial charge in [-0.05, 0) is 43.7 Å². The fourth-order valence-corrected chi connectivity index (χ4v) is 1.80. The van der Waals surface area contributed by atoms with E-state index in [1.54, 1.807) is 12.1 Å². The Morgan fingerprint density at radius 1 is 1.17 bits per heavy atom. The number of hydrogen-bond acceptors (Lipinski definition) is 4. The van der Waals surface area contributed by atoms with E-state index >= 15 is 0 Å². The van der Waals surface area contributed by atoms with Crippen LogP contribution in [-0.2, 0) is 6.42 Å². The smallest absolute Gasteiger partial charge is 0.151 e. The van der Waals surface area contributed by atoms with Crippen molar-refractivity contribution in [2.75, 3.05) is 18.0 Å². The van der Waals surface area contributed by atoms with Gasteiger partial charge in [0, 0.05) is 5.56 Å². The van der Waals surface area contributed by atoms with Crippen LogP contribution in [0.25, 0.3) is 5.69 Å². The van der Waals surface area contributed by atoms with Gasteiger partial charge in [0.25, 0.3) is 0 Å². The van der Waals surface area contributed by atoms with Crippen molar-refractivity contribution in [2.24, 2.45) is 5.73 Å². The summed E-state index contributed by atoms with van der Waals surface area (Å²) >= 11 is 0. The van der Waals surface area contributed by atoms with Crippen molar-refractivity contribution in [1.82, 2.24) is 9.78 Å². The third-order valence-corrected chi connectivity index (χ3v) is 2.76. The van der Waals surface area contributed by atoms with Gasteiger partial charge in [-0.2, -0.15) is 0 Å². The Hall–Kier alpha value is -2.08. The van der Waals surface area contributed by atoms with Gasteiger partial charge in [0.15, 0.2) is 5.82 Å². The monoisotopic (exact) mass is 249 g/mol. The van der Waals surface area contributed by atoms with Crippen LogP contribution in [0.2, 0.25) is 0 Å². The van der Waals surface area contributed by atoms with Crippen molar-refractivity contribution in [1.29, 1.82) is 0 Å². The van der Waals surface area contributed by atoms with Crippen LogP contribution < -0.4 is 17.2 Å². The fraction of sp³-hybridized carbons (Fsp3) is 0.250. The lowest BCUT2D eigenvalue weighted by Crippen LogP contribution is -2.05. The number of nitrogen functional groups attached to an aromatic ring is 2. The zero-order valence-electron chi connectivity index (χ0n) is 9.94. The van der Waals surface area contributed by atoms with Gasteiger partial charge in [0.05, 0.1) is 5.69 Å². The number of halogens is 1. The van der Waals surface area contributed by atoms with Crippen LogP contribution in [0.1, 0.15) is 12.0 Å². The van der Waals surface area contributed by atoms with Gasteiger partial charge in [-0.3, -0.25) is 0 Å². The molecule has 0 saturated carbocycles. The van der Waals surface area contributed by atoms with Gasteiger partial charge < -0.3 is 17.2 Å². The number of benzene rings is 1. The van der Waals surface area contributed by atoms with Crippen molar-refractivity contribution in [3.63, 3.8) is 0 Å². The molecule has 1 aromatic carbocycles. The Labute approximate surface area is 104 Å². The zero-order chi connectivity index (χ0) is 13.1. The number of hydrogen-bond donors (Lipinski definition) is 3. The number of aromatic nitrogens is 2. The zero-order valence-corrected chi connectivity index (χ0v) is 9.94. The lowest BCUT2D eigenvalue weighted by molar-refractivity contribution is 0.627. The lowest BCUT2D eigenvalue weighted by Gasteiger charge is -2.04. The van der Waals surface area contributed by atoms with Gasteiger partial charge in [0.1, 0.15) is 11.6 Å². The number of nitrogens with two attached hydrogens (primary N) is 3. The van der Waals surface area contributed by atoms with Crippen molar-refractivity contribution in [3.8, 4) is 5.69 Å². The second-order valence-electron chi connectivity index (χ2n) is 4.03. The molecule has 0 saturated heterocycles. The fourth-order valence-electron chi connectivity index (χ4n) is 1.80. The van der Waals surface area contributed by atoms with Gasteiger partial charge >= 0.3 is 0 Å². The van der Waals surface area contributed by atoms with E-state index in [9.17, 15) is 4.39 Å². The van der Waals surface area contributed by atoms with Gasteiger partial charge in [-0.1, -0.05) is 0 Å². The summed E-state index contributed by atoms with van der Waals surface area (Å²) in [6, 6.07) is 5.91. The number of rotatable bonds is 4. The maximum atomic E-state index is 12.9. The van der Waals surface area contributed by atoms with Crippen molar-refractivity contribution in [3.05, 3.63) is 35.6 Å². The first-order valence-electron chi connectivity index (χ1n) is 5.72. The molecule has 6 heteroatoms. The molecule has 1 heterocycles. The molecule has 0 atom stereocenters. The molecular weight excluding hydrogens is 233 g/mol. The second kappa shape index (κ2) is 5.05. The van der Waals surface area contributed by atoms with E-state index in [1.165, 1.54) is 16.8 Å². The maximum Gasteiger partial charge on any atom is 0.151 e. The number of anilines is 2. The van der Waals surface area contributed by atoms with Gasteiger partial charge in [-0.15, -0.1) is 5.10 Å². The highest BCUT2D eigenvalue weighted by Gasteiger charge is 2.13. The molecule has 0 unspecified atom stereocenters. The summed E-state index contributed by atoms with van der Waals surface area (Å²) in [5, 5.41) is 4.17. The highest BCUT2D eigenvalue weighted by atomic mass is 19.1. The molecule has 96 valence electrons. The van der Waals surface area contributed by atoms with Gasteiger partial charge in [0.2, 0.25) is 0 Å². The Balaban J connectivity index is 2.37. The van der Waals surface area contributed by atoms with E-state index in [-0.39, 0.29) is 5.82 Å². The van der Waals surface area contributed by atoms with E-state index in [0.29, 0.717) is 30.3 Å². The van der Waals surface area contributed by atoms with E-state index in [2.05, 4.69) is 5.10 Å². The predicted octanol–water partition coefficient (Wildman–Crippen LogP) is 1.07. The van der Waals surface area contributed by atoms with Crippen molar-refractivity contribution in [2.45, 2.75) is 12.8 Å². The first-order chi connectivity index (χ1) is 8.63. The summed E-state index contributed by atoms with van der Waals surface area (Å²) in [4.78, 5) is 0. The molecule has 0 amide bonds. The molecule has 2 aromatic rings. The quantitative estimate of drug-likeness (QED) is 0.755. The molecule has 0 fully saturated rings. The third kappa shape index (κ3) is 2.28. The molecule has 1 aromatic heterocycles. The first kappa shape index (κ1) is 12.4. The summed E-state index contributed by atoms with van der Waals surface area (Å²) in [6.45, 7) is 0.570. The first-order valence-corrected chi connectivity index (χ1v) is 5.72. The van der Waals surface area contributed by atoms with E-state index in [4.69, 9.17) is 17.2 Å². The third-order valence-electron chi connectivity index (χ3n) is 2.76. The summed E-state index contributed by atoms with van der Waals surface area (Å²) in [5.74, 6) is 0.568. The highest BCUT2D eigenvalue weighted by Crippen LogP contribution is 2.24. The summed E-state index contributed by atoms with van der Waals surface area (Å²) in [6.07, 6.45) is 1.48. The SMILES string of the molecule is NCCCc1c(N)nn(-c2ccc(F)cc2)c1N. The topological polar surface area (TPSA) is 95.9 Å². The van der Waals surface area contributed by atoms with Crippen LogP contribution in [0.3, 0.4) is 0 Å². The Kier molecular flexibility index (Phi) is 3.47. The molecule has 6 N–H and O–H groups in total. The van der Waals surface area contributed by atoms with E-state index < -0.39 is 0 Å². The predicted molar refractivity (Wildman–Crippen MR) is 69.7 cm³/mol. The Morgan fingerprint density at radius 2 is 1.83 bits per heavy atom. The van der Waals surface area contributed by atoms with Crippen LogP contribution in [0, 0.1) is 5.82 Å².